The Balaban J connectivity index is 1.30. The molecule has 4 N–H and O–H groups in total. The summed E-state index contributed by atoms with van der Waals surface area (Å²) in [4.78, 5) is 48.1. The normalized spacial score (nSPS) is 37.8. The highest BCUT2D eigenvalue weighted by Crippen LogP contribution is 2.61. The summed E-state index contributed by atoms with van der Waals surface area (Å²) in [6, 6.07) is -0.575. The van der Waals surface area contributed by atoms with Crippen LogP contribution in [-0.4, -0.2) is 122 Å². The van der Waals surface area contributed by atoms with Gasteiger partial charge in [-0.1, -0.05) is 53.9 Å². The topological polar surface area (TPSA) is 150 Å². The molecule has 1 aliphatic heterocycles. The first-order valence-electron chi connectivity index (χ1n) is 21.2. The van der Waals surface area contributed by atoms with Gasteiger partial charge >= 0.3 is 5.97 Å². The van der Waals surface area contributed by atoms with E-state index >= 15 is 0 Å². The van der Waals surface area contributed by atoms with Crippen molar-refractivity contribution in [1.82, 2.24) is 20.6 Å². The van der Waals surface area contributed by atoms with Gasteiger partial charge in [-0.3, -0.25) is 14.4 Å². The van der Waals surface area contributed by atoms with Crippen LogP contribution >= 0.6 is 0 Å². The fourth-order valence-corrected chi connectivity index (χ4v) is 11.7. The van der Waals surface area contributed by atoms with E-state index in [0.29, 0.717) is 36.1 Å². The van der Waals surface area contributed by atoms with Crippen molar-refractivity contribution in [3.05, 3.63) is 0 Å². The highest BCUT2D eigenvalue weighted by atomic mass is 16.7. The molecular formula is C42H74N4O8. The van der Waals surface area contributed by atoms with Gasteiger partial charge in [0.05, 0.1) is 18.8 Å². The maximum atomic E-state index is 14.4. The van der Waals surface area contributed by atoms with Crippen LogP contribution in [0.5, 0.6) is 0 Å². The number of hydrogen-bond acceptors (Lipinski definition) is 9. The minimum absolute atomic E-state index is 0.00870. The van der Waals surface area contributed by atoms with Gasteiger partial charge in [0, 0.05) is 50.0 Å². The van der Waals surface area contributed by atoms with Crippen LogP contribution in [0.1, 0.15) is 106 Å². The molecule has 6 rings (SSSR count). The lowest BCUT2D eigenvalue weighted by molar-refractivity contribution is -0.196. The van der Waals surface area contributed by atoms with Gasteiger partial charge in [0.25, 0.3) is 0 Å². The summed E-state index contributed by atoms with van der Waals surface area (Å²) in [5.74, 6) is 1.05. The van der Waals surface area contributed by atoms with E-state index in [1.165, 1.54) is 6.42 Å². The molecule has 310 valence electrons. The molecule has 1 heterocycles. The quantitative estimate of drug-likeness (QED) is 0.166. The number of likely N-dealkylation sites (N-methyl/N-ethyl adjacent to an activating group) is 1. The number of amides is 2. The molecule has 6 fully saturated rings. The molecular weight excluding hydrogens is 688 g/mol. The second kappa shape index (κ2) is 18.6. The first-order chi connectivity index (χ1) is 25.5. The monoisotopic (exact) mass is 763 g/mol. The third kappa shape index (κ3) is 9.99. The number of rotatable bonds is 17. The summed E-state index contributed by atoms with van der Waals surface area (Å²) in [6.07, 6.45) is 8.31. The third-order valence-corrected chi connectivity index (χ3v) is 14.5. The van der Waals surface area contributed by atoms with Crippen LogP contribution < -0.4 is 10.6 Å². The van der Waals surface area contributed by atoms with E-state index in [4.69, 9.17) is 14.3 Å². The lowest BCUT2D eigenvalue weighted by Crippen LogP contribution is -2.62. The fraction of sp³-hybridized carbons (Fsp3) is 0.929. The zero-order valence-corrected chi connectivity index (χ0v) is 34.8. The largest absolute Gasteiger partial charge is 0.480 e. The number of carboxylic acids is 1. The van der Waals surface area contributed by atoms with Crippen molar-refractivity contribution in [2.45, 2.75) is 142 Å². The summed E-state index contributed by atoms with van der Waals surface area (Å²) < 4.78 is 11.9. The SMILES string of the molecule is COC1C(CN2O[C@@H](COCC(=O)O)[C@H]([C@H](C)O)[C@H]2C(=O)N[C@H]2C[C@H]3C[C@@H]([C@@H]2C)C3(C)C)CCCC1C1CCCC(C(=O)N[C@H](CC(C)C)CN(C)C)C1. The number of nitrogens with one attached hydrogen (secondary N) is 2. The van der Waals surface area contributed by atoms with Gasteiger partial charge in [0.2, 0.25) is 11.8 Å². The van der Waals surface area contributed by atoms with Gasteiger partial charge in [0.15, 0.2) is 0 Å². The van der Waals surface area contributed by atoms with Crippen LogP contribution in [0.4, 0.5) is 0 Å². The molecule has 0 aromatic rings. The second-order valence-corrected chi connectivity index (χ2v) is 19.3. The van der Waals surface area contributed by atoms with Gasteiger partial charge < -0.3 is 35.2 Å². The average Bonchev–Trinajstić information content (AvgIpc) is 3.46. The molecule has 12 heteroatoms. The van der Waals surface area contributed by atoms with Crippen LogP contribution in [-0.2, 0) is 28.7 Å². The summed E-state index contributed by atoms with van der Waals surface area (Å²) >= 11 is 0. The number of carboxylic acid groups (broad SMARTS) is 1. The molecule has 14 atom stereocenters. The number of nitrogens with zero attached hydrogens (tertiary/aromatic N) is 2. The molecule has 5 unspecified atom stereocenters. The van der Waals surface area contributed by atoms with E-state index in [0.717, 1.165) is 64.3 Å². The summed E-state index contributed by atoms with van der Waals surface area (Å²) in [5.41, 5.74) is 0.287. The maximum Gasteiger partial charge on any atom is 0.329 e. The molecule has 0 aromatic heterocycles. The molecule has 0 aromatic carbocycles. The summed E-state index contributed by atoms with van der Waals surface area (Å²) in [7, 11) is 5.90. The number of aliphatic carboxylic acids is 1. The van der Waals surface area contributed by atoms with Crippen LogP contribution in [0.2, 0.25) is 0 Å². The zero-order chi connectivity index (χ0) is 39.5. The average molecular weight is 763 g/mol. The van der Waals surface area contributed by atoms with Gasteiger partial charge in [0.1, 0.15) is 18.8 Å². The Bertz CT molecular complexity index is 1250. The van der Waals surface area contributed by atoms with Crippen LogP contribution in [0.3, 0.4) is 0 Å². The Morgan fingerprint density at radius 2 is 1.74 bits per heavy atom. The van der Waals surface area contributed by atoms with Crippen molar-refractivity contribution < 1.29 is 38.9 Å². The van der Waals surface area contributed by atoms with Crippen LogP contribution in [0.25, 0.3) is 0 Å². The molecule has 0 spiro atoms. The molecule has 12 nitrogen and oxygen atoms in total. The standard InChI is InChI=1S/C42H74N4O8/c1-24(2)16-31(21-45(7)8)43-40(50)28-13-10-12-27(17-28)32-15-11-14-29(39(32)52-9)20-46-38(37(26(4)47)35(54-46)22-53-23-36(48)49)41(51)44-34-19-30-18-33(25(34)3)42(30,5)6/h24-35,37-39,47H,10-23H2,1-9H3,(H,43,50)(H,44,51)(H,48,49)/t25-,26-,27?,28?,29?,30+,31+,32?,33-,34-,35-,37-,38-,39?/m0/s1. The molecule has 0 radical (unpaired) electrons. The molecule has 2 amide bonds. The maximum absolute atomic E-state index is 14.4. The van der Waals surface area contributed by atoms with Gasteiger partial charge in [-0.25, -0.2) is 4.79 Å². The number of methoxy groups -OCH3 is 1. The number of aliphatic hydroxyl groups excluding tert-OH is 1. The Labute approximate surface area is 325 Å². The third-order valence-electron chi connectivity index (χ3n) is 14.5. The number of aliphatic hydroxyl groups is 1. The Kier molecular flexibility index (Phi) is 14.9. The van der Waals surface area contributed by atoms with E-state index in [-0.39, 0.29) is 59.8 Å². The second-order valence-electron chi connectivity index (χ2n) is 19.3. The Morgan fingerprint density at radius 1 is 1.02 bits per heavy atom. The predicted octanol–water partition coefficient (Wildman–Crippen LogP) is 4.59. The first kappa shape index (κ1) is 43.3. The molecule has 1 saturated heterocycles. The molecule has 2 bridgehead atoms. The Morgan fingerprint density at radius 3 is 2.35 bits per heavy atom. The van der Waals surface area contributed by atoms with E-state index in [1.54, 1.807) is 19.1 Å². The number of fused-ring (bicyclic) bond motifs is 2. The minimum Gasteiger partial charge on any atom is -0.480 e. The van der Waals surface area contributed by atoms with Crippen LogP contribution in [0.15, 0.2) is 0 Å². The van der Waals surface area contributed by atoms with Crippen molar-refractivity contribution >= 4 is 17.8 Å². The number of carbonyl (C=O) groups excluding carboxylic acids is 2. The number of hydroxylamine groups is 2. The highest BCUT2D eigenvalue weighted by molar-refractivity contribution is 5.83. The lowest BCUT2D eigenvalue weighted by atomic mass is 9.45. The smallest absolute Gasteiger partial charge is 0.329 e. The Hall–Kier alpha value is -1.83. The van der Waals surface area contributed by atoms with Crippen LogP contribution in [0, 0.1) is 58.7 Å². The number of carbonyl (C=O) groups is 3. The van der Waals surface area contributed by atoms with E-state index in [9.17, 15) is 24.6 Å². The van der Waals surface area contributed by atoms with Gasteiger partial charge in [-0.15, -0.1) is 0 Å². The number of ether oxygens (including phenoxy) is 2. The summed E-state index contributed by atoms with van der Waals surface area (Å²) in [6.45, 7) is 13.8. The van der Waals surface area contributed by atoms with Crippen molar-refractivity contribution in [2.75, 3.05) is 47.5 Å². The van der Waals surface area contributed by atoms with Crippen molar-refractivity contribution in [1.29, 1.82) is 0 Å². The fourth-order valence-electron chi connectivity index (χ4n) is 11.7. The van der Waals surface area contributed by atoms with Gasteiger partial charge in [-0.05, 0) is 107 Å². The van der Waals surface area contributed by atoms with E-state index in [1.807, 2.05) is 0 Å². The van der Waals surface area contributed by atoms with Crippen molar-refractivity contribution in [3.8, 4) is 0 Å². The zero-order valence-electron chi connectivity index (χ0n) is 34.8. The van der Waals surface area contributed by atoms with E-state index in [2.05, 4.69) is 64.2 Å². The predicted molar refractivity (Wildman–Crippen MR) is 207 cm³/mol. The summed E-state index contributed by atoms with van der Waals surface area (Å²) in [5, 5.41) is 29.0. The molecule has 5 aliphatic carbocycles. The minimum atomic E-state index is -1.08. The number of hydrogen-bond donors (Lipinski definition) is 4. The van der Waals surface area contributed by atoms with Crippen molar-refractivity contribution in [3.63, 3.8) is 0 Å². The molecule has 54 heavy (non-hydrogen) atoms. The van der Waals surface area contributed by atoms with Gasteiger partial charge in [-0.2, -0.15) is 5.06 Å². The molecule has 5 saturated carbocycles. The van der Waals surface area contributed by atoms with Crippen molar-refractivity contribution in [2.24, 2.45) is 58.7 Å². The highest BCUT2D eigenvalue weighted by Gasteiger charge is 2.58. The molecule has 6 aliphatic rings. The van der Waals surface area contributed by atoms with E-state index < -0.39 is 36.7 Å². The lowest BCUT2D eigenvalue weighted by Gasteiger charge is -2.62. The first-order valence-corrected chi connectivity index (χ1v) is 21.2.